The molecular formula is C27H25F3N6O. The maximum absolute atomic E-state index is 13.5. The molecule has 0 fully saturated rings. The fraction of sp³-hybridized carbons (Fsp3) is 0.185. The van der Waals surface area contributed by atoms with Crippen molar-refractivity contribution in [2.75, 3.05) is 19.4 Å². The molecular weight excluding hydrogens is 481 g/mol. The zero-order valence-electron chi connectivity index (χ0n) is 20.7. The average molecular weight is 507 g/mol. The summed E-state index contributed by atoms with van der Waals surface area (Å²) in [4.78, 5) is 30.7. The Bertz CT molecular complexity index is 1460. The number of carbonyl (C=O) groups excluding carboxylic acids is 1. The normalized spacial score (nSPS) is 11.9. The quantitative estimate of drug-likeness (QED) is 0.245. The first-order valence-corrected chi connectivity index (χ1v) is 11.3. The zero-order chi connectivity index (χ0) is 26.7. The monoisotopic (exact) mass is 506 g/mol. The molecule has 0 unspecified atom stereocenters. The van der Waals surface area contributed by atoms with Gasteiger partial charge in [0.05, 0.1) is 23.1 Å². The Morgan fingerprint density at radius 3 is 2.54 bits per heavy atom. The minimum Gasteiger partial charge on any atom is -0.366 e. The van der Waals surface area contributed by atoms with Crippen molar-refractivity contribution in [3.8, 4) is 22.6 Å². The van der Waals surface area contributed by atoms with Crippen LogP contribution in [0.5, 0.6) is 0 Å². The molecule has 2 N–H and O–H groups in total. The van der Waals surface area contributed by atoms with Crippen LogP contribution in [0.25, 0.3) is 22.6 Å². The van der Waals surface area contributed by atoms with Gasteiger partial charge in [0.2, 0.25) is 0 Å². The second kappa shape index (κ2) is 10.3. The fourth-order valence-electron chi connectivity index (χ4n) is 3.56. The van der Waals surface area contributed by atoms with Gasteiger partial charge in [-0.25, -0.2) is 9.98 Å². The number of hydrogen-bond donors (Lipinski definition) is 2. The van der Waals surface area contributed by atoms with E-state index in [1.165, 1.54) is 6.07 Å². The Balaban J connectivity index is 1.64. The maximum Gasteiger partial charge on any atom is 0.416 e. The lowest BCUT2D eigenvalue weighted by atomic mass is 10.0. The van der Waals surface area contributed by atoms with E-state index in [1.807, 2.05) is 13.0 Å². The summed E-state index contributed by atoms with van der Waals surface area (Å²) >= 11 is 0. The second-order valence-electron chi connectivity index (χ2n) is 8.69. The summed E-state index contributed by atoms with van der Waals surface area (Å²) < 4.78 is 40.6. The third kappa shape index (κ3) is 6.03. The van der Waals surface area contributed by atoms with Gasteiger partial charge >= 0.3 is 6.18 Å². The van der Waals surface area contributed by atoms with E-state index in [4.69, 9.17) is 0 Å². The minimum atomic E-state index is -4.60. The highest BCUT2D eigenvalue weighted by atomic mass is 19.4. The van der Waals surface area contributed by atoms with E-state index in [9.17, 15) is 18.0 Å². The third-order valence-corrected chi connectivity index (χ3v) is 5.74. The van der Waals surface area contributed by atoms with Crippen LogP contribution in [-0.4, -0.2) is 45.7 Å². The summed E-state index contributed by atoms with van der Waals surface area (Å²) in [5.41, 5.74) is 2.60. The lowest BCUT2D eigenvalue weighted by molar-refractivity contribution is -0.137. The molecule has 0 aliphatic heterocycles. The molecule has 0 atom stereocenters. The van der Waals surface area contributed by atoms with Crippen LogP contribution >= 0.6 is 0 Å². The highest BCUT2D eigenvalue weighted by Gasteiger charge is 2.31. The van der Waals surface area contributed by atoms with Gasteiger partial charge in [-0.05, 0) is 61.9 Å². The molecule has 0 saturated heterocycles. The van der Waals surface area contributed by atoms with Gasteiger partial charge in [-0.15, -0.1) is 0 Å². The highest BCUT2D eigenvalue weighted by molar-refractivity contribution is 6.05. The third-order valence-electron chi connectivity index (χ3n) is 5.74. The molecule has 190 valence electrons. The van der Waals surface area contributed by atoms with E-state index in [2.05, 4.69) is 25.3 Å². The molecule has 0 spiro atoms. The first-order valence-electron chi connectivity index (χ1n) is 11.3. The first kappa shape index (κ1) is 25.6. The van der Waals surface area contributed by atoms with Crippen molar-refractivity contribution in [2.45, 2.75) is 20.0 Å². The highest BCUT2D eigenvalue weighted by Crippen LogP contribution is 2.35. The molecule has 0 aliphatic carbocycles. The van der Waals surface area contributed by atoms with Gasteiger partial charge in [0, 0.05) is 48.9 Å². The molecule has 4 rings (SSSR count). The van der Waals surface area contributed by atoms with Crippen LogP contribution in [0.3, 0.4) is 0 Å². The number of amides is 1. The number of aromatic amines is 1. The number of benzene rings is 2. The summed E-state index contributed by atoms with van der Waals surface area (Å²) in [6, 6.07) is 12.0. The van der Waals surface area contributed by atoms with Crippen LogP contribution < -0.4 is 5.32 Å². The second-order valence-corrected chi connectivity index (χ2v) is 8.69. The van der Waals surface area contributed by atoms with E-state index < -0.39 is 17.6 Å². The molecule has 0 bridgehead atoms. The Morgan fingerprint density at radius 1 is 1.08 bits per heavy atom. The van der Waals surface area contributed by atoms with Crippen LogP contribution in [0.4, 0.5) is 24.5 Å². The number of anilines is 1. The SMILES string of the molecule is CC(=Nc1cc(NC(=O)c2ccc(C)c(-c3cnc(-c4cccnc4)[nH]3)c2)cc(C(F)(F)F)c1)N(C)C. The van der Waals surface area contributed by atoms with Crippen molar-refractivity contribution in [2.24, 2.45) is 4.99 Å². The predicted molar refractivity (Wildman–Crippen MR) is 138 cm³/mol. The number of rotatable bonds is 5. The van der Waals surface area contributed by atoms with Gasteiger partial charge < -0.3 is 15.2 Å². The number of pyridine rings is 1. The number of aromatic nitrogens is 3. The predicted octanol–water partition coefficient (Wildman–Crippen LogP) is 6.33. The van der Waals surface area contributed by atoms with Gasteiger partial charge in [-0.1, -0.05) is 6.07 Å². The van der Waals surface area contributed by atoms with Gasteiger partial charge in [0.15, 0.2) is 0 Å². The summed E-state index contributed by atoms with van der Waals surface area (Å²) in [7, 11) is 3.48. The number of carbonyl (C=O) groups is 1. The lowest BCUT2D eigenvalue weighted by Gasteiger charge is -2.14. The molecule has 10 heteroatoms. The average Bonchev–Trinajstić information content (AvgIpc) is 3.34. The van der Waals surface area contributed by atoms with Crippen molar-refractivity contribution in [1.29, 1.82) is 0 Å². The largest absolute Gasteiger partial charge is 0.416 e. The van der Waals surface area contributed by atoms with Crippen molar-refractivity contribution in [3.05, 3.63) is 83.8 Å². The molecule has 4 aromatic rings. The smallest absolute Gasteiger partial charge is 0.366 e. The van der Waals surface area contributed by atoms with Crippen LogP contribution in [0.2, 0.25) is 0 Å². The van der Waals surface area contributed by atoms with Gasteiger partial charge in [0.25, 0.3) is 5.91 Å². The van der Waals surface area contributed by atoms with Crippen LogP contribution in [0, 0.1) is 6.92 Å². The summed E-state index contributed by atoms with van der Waals surface area (Å²) in [6.45, 7) is 3.58. The fourth-order valence-corrected chi connectivity index (χ4v) is 3.56. The Kier molecular flexibility index (Phi) is 7.10. The molecule has 37 heavy (non-hydrogen) atoms. The van der Waals surface area contributed by atoms with Crippen LogP contribution in [0.1, 0.15) is 28.4 Å². The van der Waals surface area contributed by atoms with Crippen molar-refractivity contribution >= 4 is 23.1 Å². The number of halogens is 3. The van der Waals surface area contributed by atoms with Gasteiger partial charge in [0.1, 0.15) is 11.7 Å². The number of nitrogens with zero attached hydrogens (tertiary/aromatic N) is 4. The van der Waals surface area contributed by atoms with Crippen molar-refractivity contribution in [3.63, 3.8) is 0 Å². The zero-order valence-corrected chi connectivity index (χ0v) is 20.7. The Labute approximate surface area is 212 Å². The molecule has 0 radical (unpaired) electrons. The van der Waals surface area contributed by atoms with E-state index in [0.29, 0.717) is 17.4 Å². The Morgan fingerprint density at radius 2 is 1.86 bits per heavy atom. The Hall–Kier alpha value is -4.47. The number of nitrogens with one attached hydrogen (secondary N) is 2. The van der Waals surface area contributed by atoms with Crippen LogP contribution in [0.15, 0.2) is 72.1 Å². The number of aryl methyl sites for hydroxylation is 1. The lowest BCUT2D eigenvalue weighted by Crippen LogP contribution is -2.18. The molecule has 2 aromatic carbocycles. The number of amidine groups is 1. The molecule has 2 aromatic heterocycles. The topological polar surface area (TPSA) is 86.3 Å². The number of H-pyrrole nitrogens is 1. The molecule has 2 heterocycles. The first-order chi connectivity index (χ1) is 17.5. The van der Waals surface area contributed by atoms with Gasteiger partial charge in [-0.3, -0.25) is 9.78 Å². The van der Waals surface area contributed by atoms with Crippen molar-refractivity contribution < 1.29 is 18.0 Å². The molecule has 0 saturated carbocycles. The number of aliphatic imine (C=N–C) groups is 1. The van der Waals surface area contributed by atoms with Gasteiger partial charge in [-0.2, -0.15) is 13.2 Å². The van der Waals surface area contributed by atoms with E-state index in [-0.39, 0.29) is 16.9 Å². The van der Waals surface area contributed by atoms with E-state index in [1.54, 1.807) is 68.8 Å². The van der Waals surface area contributed by atoms with Crippen molar-refractivity contribution in [1.82, 2.24) is 19.9 Å². The van der Waals surface area contributed by atoms with E-state index >= 15 is 0 Å². The standard InChI is InChI=1S/C27H25F3N6O/c1-16-7-8-18(10-23(16)24-15-32-25(35-24)19-6-5-9-31-14-19)26(37)34-22-12-20(27(28,29)30)11-21(13-22)33-17(2)36(3)4/h5-15H,1-4H3,(H,32,35)(H,34,37). The number of hydrogen-bond acceptors (Lipinski definition) is 4. The molecule has 7 nitrogen and oxygen atoms in total. The number of alkyl halides is 3. The number of imidazole rings is 1. The summed E-state index contributed by atoms with van der Waals surface area (Å²) in [6.07, 6.45) is 0.423. The maximum atomic E-state index is 13.5. The minimum absolute atomic E-state index is 0.00680. The summed E-state index contributed by atoms with van der Waals surface area (Å²) in [5.74, 6) is 0.597. The van der Waals surface area contributed by atoms with E-state index in [0.717, 1.165) is 28.8 Å². The van der Waals surface area contributed by atoms with Crippen LogP contribution in [-0.2, 0) is 6.18 Å². The molecule has 0 aliphatic rings. The molecule has 1 amide bonds. The summed E-state index contributed by atoms with van der Waals surface area (Å²) in [5, 5.41) is 2.59.